The first-order chi connectivity index (χ1) is 15.0. The predicted molar refractivity (Wildman–Crippen MR) is 120 cm³/mol. The largest absolute Gasteiger partial charge is 0.484 e. The van der Waals surface area contributed by atoms with E-state index in [-0.39, 0.29) is 18.3 Å². The Labute approximate surface area is 189 Å². The number of anilines is 1. The van der Waals surface area contributed by atoms with Crippen molar-refractivity contribution >= 4 is 34.8 Å². The molecule has 31 heavy (non-hydrogen) atoms. The van der Waals surface area contributed by atoms with Crippen LogP contribution in [0.2, 0.25) is 10.0 Å². The standard InChI is InChI=1S/C23H19Cl2N3O3/c1-15-2-4-16(5-3-15)12-28-13-18(11-26-28)27-23(29)22-9-7-19(31-22)14-30-21-8-6-17(24)10-20(21)25/h2-11,13H,12,14H2,1H3,(H,27,29). The lowest BCUT2D eigenvalue weighted by Crippen LogP contribution is -2.10. The third-order valence-corrected chi connectivity index (χ3v) is 5.04. The molecular formula is C23H19Cl2N3O3. The van der Waals surface area contributed by atoms with Gasteiger partial charge in [0.25, 0.3) is 5.91 Å². The number of hydrogen-bond acceptors (Lipinski definition) is 4. The molecule has 0 bridgehead atoms. The van der Waals surface area contributed by atoms with Gasteiger partial charge in [-0.1, -0.05) is 53.0 Å². The van der Waals surface area contributed by atoms with Crippen molar-refractivity contribution < 1.29 is 13.9 Å². The zero-order valence-corrected chi connectivity index (χ0v) is 18.2. The van der Waals surface area contributed by atoms with E-state index in [1.54, 1.807) is 47.4 Å². The molecule has 6 nitrogen and oxygen atoms in total. The van der Waals surface area contributed by atoms with Gasteiger partial charge in [0.05, 0.1) is 23.5 Å². The van der Waals surface area contributed by atoms with Crippen LogP contribution in [0.25, 0.3) is 0 Å². The maximum absolute atomic E-state index is 12.5. The Morgan fingerprint density at radius 1 is 1.13 bits per heavy atom. The van der Waals surface area contributed by atoms with E-state index >= 15 is 0 Å². The number of rotatable bonds is 7. The van der Waals surface area contributed by atoms with Crippen molar-refractivity contribution in [2.45, 2.75) is 20.1 Å². The van der Waals surface area contributed by atoms with E-state index in [0.717, 1.165) is 5.56 Å². The Morgan fingerprint density at radius 2 is 1.94 bits per heavy atom. The molecule has 0 aliphatic carbocycles. The summed E-state index contributed by atoms with van der Waals surface area (Å²) < 4.78 is 13.0. The van der Waals surface area contributed by atoms with Crippen LogP contribution in [0.15, 0.2) is 71.4 Å². The smallest absolute Gasteiger partial charge is 0.291 e. The Balaban J connectivity index is 1.33. The summed E-state index contributed by atoms with van der Waals surface area (Å²) in [5.41, 5.74) is 2.92. The number of nitrogens with zero attached hydrogens (tertiary/aromatic N) is 2. The van der Waals surface area contributed by atoms with Gasteiger partial charge in [-0.15, -0.1) is 0 Å². The fraction of sp³-hybridized carbons (Fsp3) is 0.130. The number of halogens is 2. The monoisotopic (exact) mass is 455 g/mol. The molecule has 2 aromatic heterocycles. The van der Waals surface area contributed by atoms with Crippen molar-refractivity contribution in [2.24, 2.45) is 0 Å². The number of ether oxygens (including phenoxy) is 1. The van der Waals surface area contributed by atoms with Crippen LogP contribution >= 0.6 is 23.2 Å². The van der Waals surface area contributed by atoms with E-state index in [2.05, 4.69) is 34.7 Å². The highest BCUT2D eigenvalue weighted by Gasteiger charge is 2.13. The van der Waals surface area contributed by atoms with Crippen LogP contribution in [0, 0.1) is 6.92 Å². The average molecular weight is 456 g/mol. The van der Waals surface area contributed by atoms with Crippen LogP contribution in [0.5, 0.6) is 5.75 Å². The van der Waals surface area contributed by atoms with Crippen LogP contribution < -0.4 is 10.1 Å². The Kier molecular flexibility index (Phi) is 6.30. The average Bonchev–Trinajstić information content (AvgIpc) is 3.39. The topological polar surface area (TPSA) is 69.3 Å². The molecule has 2 heterocycles. The molecule has 2 aromatic carbocycles. The van der Waals surface area contributed by atoms with Crippen LogP contribution in [0.3, 0.4) is 0 Å². The van der Waals surface area contributed by atoms with Gasteiger partial charge in [-0.05, 0) is 42.8 Å². The van der Waals surface area contributed by atoms with Crippen LogP contribution in [-0.2, 0) is 13.2 Å². The molecule has 0 fully saturated rings. The van der Waals surface area contributed by atoms with Crippen LogP contribution in [-0.4, -0.2) is 15.7 Å². The number of furan rings is 1. The van der Waals surface area contributed by atoms with Crippen molar-refractivity contribution in [2.75, 3.05) is 5.32 Å². The summed E-state index contributed by atoms with van der Waals surface area (Å²) in [5, 5.41) is 8.00. The maximum Gasteiger partial charge on any atom is 0.291 e. The summed E-state index contributed by atoms with van der Waals surface area (Å²) in [4.78, 5) is 12.5. The third kappa shape index (κ3) is 5.48. The first kappa shape index (κ1) is 21.0. The quantitative estimate of drug-likeness (QED) is 0.372. The van der Waals surface area contributed by atoms with E-state index in [9.17, 15) is 4.79 Å². The molecule has 0 saturated carbocycles. The zero-order chi connectivity index (χ0) is 21.8. The van der Waals surface area contributed by atoms with Crippen molar-refractivity contribution in [1.29, 1.82) is 0 Å². The van der Waals surface area contributed by atoms with Crippen molar-refractivity contribution in [1.82, 2.24) is 9.78 Å². The molecule has 0 saturated heterocycles. The first-order valence-electron chi connectivity index (χ1n) is 9.52. The molecule has 8 heteroatoms. The molecule has 0 aliphatic heterocycles. The number of aryl methyl sites for hydroxylation is 1. The third-order valence-electron chi connectivity index (χ3n) is 4.51. The molecule has 0 atom stereocenters. The Hall–Kier alpha value is -3.22. The molecular weight excluding hydrogens is 437 g/mol. The molecule has 0 unspecified atom stereocenters. The van der Waals surface area contributed by atoms with E-state index in [1.807, 2.05) is 6.92 Å². The second-order valence-corrected chi connectivity index (χ2v) is 7.84. The van der Waals surface area contributed by atoms with E-state index in [0.29, 0.717) is 33.8 Å². The lowest BCUT2D eigenvalue weighted by atomic mass is 10.1. The SMILES string of the molecule is Cc1ccc(Cn2cc(NC(=O)c3ccc(COc4ccc(Cl)cc4Cl)o3)cn2)cc1. The normalized spacial score (nSPS) is 10.8. The molecule has 1 N–H and O–H groups in total. The fourth-order valence-electron chi connectivity index (χ4n) is 2.91. The number of carbonyl (C=O) groups excluding carboxylic acids is 1. The highest BCUT2D eigenvalue weighted by molar-refractivity contribution is 6.35. The van der Waals surface area contributed by atoms with Crippen molar-refractivity contribution in [3.8, 4) is 5.75 Å². The van der Waals surface area contributed by atoms with Gasteiger partial charge < -0.3 is 14.5 Å². The fourth-order valence-corrected chi connectivity index (χ4v) is 3.37. The summed E-state index contributed by atoms with van der Waals surface area (Å²) in [6.07, 6.45) is 3.37. The lowest BCUT2D eigenvalue weighted by molar-refractivity contribution is 0.0992. The number of nitrogens with one attached hydrogen (secondary N) is 1. The number of amides is 1. The number of carbonyl (C=O) groups is 1. The highest BCUT2D eigenvalue weighted by Crippen LogP contribution is 2.28. The van der Waals surface area contributed by atoms with Crippen LogP contribution in [0.4, 0.5) is 5.69 Å². The molecule has 0 spiro atoms. The van der Waals surface area contributed by atoms with Gasteiger partial charge in [-0.25, -0.2) is 0 Å². The van der Waals surface area contributed by atoms with Gasteiger partial charge in [0.15, 0.2) is 5.76 Å². The minimum atomic E-state index is -0.370. The van der Waals surface area contributed by atoms with Gasteiger partial charge >= 0.3 is 0 Å². The summed E-state index contributed by atoms with van der Waals surface area (Å²) >= 11 is 12.0. The Bertz CT molecular complexity index is 1200. The maximum atomic E-state index is 12.5. The molecule has 4 aromatic rings. The van der Waals surface area contributed by atoms with E-state index in [4.69, 9.17) is 32.4 Å². The zero-order valence-electron chi connectivity index (χ0n) is 16.6. The first-order valence-corrected chi connectivity index (χ1v) is 10.3. The van der Waals surface area contributed by atoms with Crippen molar-refractivity contribution in [3.63, 3.8) is 0 Å². The second-order valence-electron chi connectivity index (χ2n) is 7.00. The molecule has 0 aliphatic rings. The molecule has 4 rings (SSSR count). The van der Waals surface area contributed by atoms with Gasteiger partial charge in [-0.2, -0.15) is 5.10 Å². The summed E-state index contributed by atoms with van der Waals surface area (Å²) in [6.45, 7) is 2.79. The van der Waals surface area contributed by atoms with Gasteiger partial charge in [0.2, 0.25) is 0 Å². The van der Waals surface area contributed by atoms with Gasteiger partial charge in [0.1, 0.15) is 18.1 Å². The summed E-state index contributed by atoms with van der Waals surface area (Å²) in [7, 11) is 0. The second kappa shape index (κ2) is 9.29. The van der Waals surface area contributed by atoms with Crippen LogP contribution in [0.1, 0.15) is 27.4 Å². The molecule has 158 valence electrons. The summed E-state index contributed by atoms with van der Waals surface area (Å²) in [5.74, 6) is 0.776. The number of aromatic nitrogens is 2. The van der Waals surface area contributed by atoms with E-state index < -0.39 is 0 Å². The number of hydrogen-bond donors (Lipinski definition) is 1. The molecule has 1 amide bonds. The van der Waals surface area contributed by atoms with Gasteiger partial charge in [-0.3, -0.25) is 9.48 Å². The number of benzene rings is 2. The minimum Gasteiger partial charge on any atom is -0.484 e. The Morgan fingerprint density at radius 3 is 2.71 bits per heavy atom. The predicted octanol–water partition coefficient (Wildman–Crippen LogP) is 5.97. The lowest BCUT2D eigenvalue weighted by Gasteiger charge is -2.06. The highest BCUT2D eigenvalue weighted by atomic mass is 35.5. The molecule has 0 radical (unpaired) electrons. The van der Waals surface area contributed by atoms with E-state index in [1.165, 1.54) is 5.56 Å². The van der Waals surface area contributed by atoms with Gasteiger partial charge in [0, 0.05) is 11.2 Å². The minimum absolute atomic E-state index is 0.128. The summed E-state index contributed by atoms with van der Waals surface area (Å²) in [6, 6.07) is 16.4. The van der Waals surface area contributed by atoms with Crippen molar-refractivity contribution in [3.05, 3.63) is 99.7 Å².